The molecule has 0 radical (unpaired) electrons. The summed E-state index contributed by atoms with van der Waals surface area (Å²) >= 11 is 0. The fourth-order valence-electron chi connectivity index (χ4n) is 3.56. The third-order valence-electron chi connectivity index (χ3n) is 5.07. The molecule has 1 heterocycles. The Morgan fingerprint density at radius 2 is 1.15 bits per heavy atom. The van der Waals surface area contributed by atoms with E-state index in [0.29, 0.717) is 24.4 Å². The van der Waals surface area contributed by atoms with Crippen molar-refractivity contribution in [3.8, 4) is 11.1 Å². The number of hydrogen-bond donors (Lipinski definition) is 0. The van der Waals surface area contributed by atoms with Gasteiger partial charge in [0.1, 0.15) is 0 Å². The minimum absolute atomic E-state index is 0.0695. The molecule has 2 aromatic rings. The second-order valence-corrected chi connectivity index (χ2v) is 8.62. The van der Waals surface area contributed by atoms with Crippen molar-refractivity contribution < 1.29 is 0 Å². The van der Waals surface area contributed by atoms with Crippen LogP contribution in [-0.2, 0) is 0 Å². The van der Waals surface area contributed by atoms with E-state index in [1.54, 1.807) is 18.2 Å². The molecule has 0 N–H and O–H groups in total. The summed E-state index contributed by atoms with van der Waals surface area (Å²) < 4.78 is 0. The summed E-state index contributed by atoms with van der Waals surface area (Å²) in [7, 11) is 0.651. The van der Waals surface area contributed by atoms with E-state index in [1.165, 1.54) is 0 Å². The van der Waals surface area contributed by atoms with Gasteiger partial charge >= 0.3 is 0 Å². The lowest BCUT2D eigenvalue weighted by Gasteiger charge is -2.18. The van der Waals surface area contributed by atoms with E-state index in [2.05, 4.69) is 0 Å². The summed E-state index contributed by atoms with van der Waals surface area (Å²) in [6.07, 6.45) is 0. The molecule has 0 atom stereocenters. The van der Waals surface area contributed by atoms with Gasteiger partial charge in [-0.1, -0.05) is 35.9 Å². The van der Waals surface area contributed by atoms with Gasteiger partial charge in [0.25, 0.3) is 0 Å². The first-order valence-corrected chi connectivity index (χ1v) is 9.53. The molecule has 26 heavy (non-hydrogen) atoms. The first-order chi connectivity index (χ1) is 12.2. The molecular weight excluding hydrogens is 347 g/mol. The van der Waals surface area contributed by atoms with Crippen LogP contribution in [0.2, 0.25) is 0 Å². The predicted octanol–water partition coefficient (Wildman–Crippen LogP) is 3.68. The minimum Gasteiger partial charge on any atom is -0.285 e. The summed E-state index contributed by atoms with van der Waals surface area (Å²) in [6.45, 7) is 7.81. The van der Waals surface area contributed by atoms with Gasteiger partial charge in [-0.25, -0.2) is 0 Å². The SMILES string of the molecule is CC(C)c1cc2c3c(c1)c(=O)c(=O)c1pc(C(C)C)cc(c1-3)c(=O)c2=O. The van der Waals surface area contributed by atoms with Crippen LogP contribution in [-0.4, -0.2) is 0 Å². The van der Waals surface area contributed by atoms with Gasteiger partial charge in [-0.05, 0) is 40.9 Å². The van der Waals surface area contributed by atoms with Crippen molar-refractivity contribution in [1.82, 2.24) is 0 Å². The van der Waals surface area contributed by atoms with Gasteiger partial charge < -0.3 is 0 Å². The average molecular weight is 364 g/mol. The van der Waals surface area contributed by atoms with Gasteiger partial charge in [0.15, 0.2) is 0 Å². The van der Waals surface area contributed by atoms with E-state index in [4.69, 9.17) is 0 Å². The highest BCUT2D eigenvalue weighted by molar-refractivity contribution is 7.37. The highest BCUT2D eigenvalue weighted by Crippen LogP contribution is 2.41. The molecule has 0 saturated carbocycles. The smallest absolute Gasteiger partial charge is 0.238 e. The Labute approximate surface area is 150 Å². The molecule has 4 rings (SSSR count). The van der Waals surface area contributed by atoms with E-state index in [-0.39, 0.29) is 28.0 Å². The standard InChI is InChI=1S/C21H17O4P/c1-8(2)10-5-11-15-12(6-10)19(24)20(25)21-16(15)13(18(23)17(11)22)7-14(26-21)9(3)4/h5-9H,1-4H3. The van der Waals surface area contributed by atoms with Crippen LogP contribution in [0, 0.1) is 0 Å². The molecule has 4 nitrogen and oxygen atoms in total. The summed E-state index contributed by atoms with van der Waals surface area (Å²) in [4.78, 5) is 51.1. The number of benzene rings is 3. The Morgan fingerprint density at radius 1 is 0.654 bits per heavy atom. The molecule has 2 aliphatic rings. The van der Waals surface area contributed by atoms with Gasteiger partial charge in [-0.3, -0.25) is 19.2 Å². The normalized spacial score (nSPS) is 12.7. The second kappa shape index (κ2) is 5.52. The molecule has 2 aliphatic carbocycles. The first kappa shape index (κ1) is 17.0. The van der Waals surface area contributed by atoms with E-state index in [1.807, 2.05) is 27.7 Å². The van der Waals surface area contributed by atoms with Crippen molar-refractivity contribution in [1.29, 1.82) is 0 Å². The van der Waals surface area contributed by atoms with Crippen LogP contribution in [0.15, 0.2) is 37.4 Å². The lowest BCUT2D eigenvalue weighted by Crippen LogP contribution is -2.31. The average Bonchev–Trinajstić information content (AvgIpc) is 2.61. The first-order valence-electron chi connectivity index (χ1n) is 8.63. The zero-order valence-corrected chi connectivity index (χ0v) is 15.9. The van der Waals surface area contributed by atoms with Crippen molar-refractivity contribution in [2.24, 2.45) is 0 Å². The third kappa shape index (κ3) is 2.12. The molecule has 0 spiro atoms. The van der Waals surface area contributed by atoms with Gasteiger partial charge in [-0.2, -0.15) is 0 Å². The van der Waals surface area contributed by atoms with E-state index < -0.39 is 21.7 Å². The molecule has 0 saturated heterocycles. The van der Waals surface area contributed by atoms with Crippen LogP contribution in [0.25, 0.3) is 32.4 Å². The quantitative estimate of drug-likeness (QED) is 0.402. The summed E-state index contributed by atoms with van der Waals surface area (Å²) in [6, 6.07) is 5.14. The molecule has 0 aliphatic heterocycles. The zero-order valence-electron chi connectivity index (χ0n) is 15.0. The number of hydrogen-bond acceptors (Lipinski definition) is 4. The van der Waals surface area contributed by atoms with Crippen molar-refractivity contribution in [2.75, 3.05) is 0 Å². The Hall–Kier alpha value is -2.45. The maximum absolute atomic E-state index is 12.8. The van der Waals surface area contributed by atoms with Crippen molar-refractivity contribution in [3.05, 3.63) is 70.0 Å². The zero-order chi connectivity index (χ0) is 18.9. The van der Waals surface area contributed by atoms with Crippen molar-refractivity contribution in [2.45, 2.75) is 39.5 Å². The topological polar surface area (TPSA) is 68.3 Å². The van der Waals surface area contributed by atoms with E-state index in [9.17, 15) is 19.2 Å². The molecule has 0 bridgehead atoms. The molecule has 1 aromatic heterocycles. The third-order valence-corrected chi connectivity index (χ3v) is 6.62. The molecule has 0 amide bonds. The molecular formula is C21H17O4P. The highest BCUT2D eigenvalue weighted by atomic mass is 31.0. The Kier molecular flexibility index (Phi) is 3.61. The fourth-order valence-corrected chi connectivity index (χ4v) is 4.81. The lowest BCUT2D eigenvalue weighted by molar-refractivity contribution is 0.869. The second-order valence-electron chi connectivity index (χ2n) is 7.44. The van der Waals surface area contributed by atoms with Crippen LogP contribution in [0.4, 0.5) is 0 Å². The van der Waals surface area contributed by atoms with Gasteiger partial charge in [-0.15, -0.1) is 0 Å². The van der Waals surface area contributed by atoms with E-state index >= 15 is 0 Å². The summed E-state index contributed by atoms with van der Waals surface area (Å²) in [5.74, 6) is 0.176. The van der Waals surface area contributed by atoms with Crippen molar-refractivity contribution in [3.63, 3.8) is 0 Å². The highest BCUT2D eigenvalue weighted by Gasteiger charge is 2.26. The van der Waals surface area contributed by atoms with Crippen LogP contribution in [0.5, 0.6) is 0 Å². The Morgan fingerprint density at radius 3 is 1.65 bits per heavy atom. The van der Waals surface area contributed by atoms with E-state index in [0.717, 1.165) is 10.9 Å². The van der Waals surface area contributed by atoms with Crippen LogP contribution in [0.3, 0.4) is 0 Å². The predicted molar refractivity (Wildman–Crippen MR) is 107 cm³/mol. The largest absolute Gasteiger partial charge is 0.285 e. The maximum atomic E-state index is 12.8. The maximum Gasteiger partial charge on any atom is 0.238 e. The minimum atomic E-state index is -0.595. The number of rotatable bonds is 2. The Balaban J connectivity index is 2.43. The molecule has 0 unspecified atom stereocenters. The molecule has 1 aromatic carbocycles. The fraction of sp³-hybridized carbons (Fsp3) is 0.286. The van der Waals surface area contributed by atoms with Crippen LogP contribution >= 0.6 is 8.19 Å². The van der Waals surface area contributed by atoms with Gasteiger partial charge in [0.05, 0.1) is 5.12 Å². The van der Waals surface area contributed by atoms with Crippen LogP contribution < -0.4 is 21.7 Å². The molecule has 130 valence electrons. The Bertz CT molecular complexity index is 1160. The molecule has 0 fully saturated rings. The van der Waals surface area contributed by atoms with Crippen molar-refractivity contribution >= 4 is 29.5 Å². The lowest BCUT2D eigenvalue weighted by atomic mass is 9.87. The molecule has 5 heteroatoms. The summed E-state index contributed by atoms with van der Waals surface area (Å²) in [5.41, 5.74) is -0.589. The van der Waals surface area contributed by atoms with Gasteiger partial charge in [0, 0.05) is 27.3 Å². The monoisotopic (exact) mass is 364 g/mol. The summed E-state index contributed by atoms with van der Waals surface area (Å²) in [5, 5.41) is 1.98. The van der Waals surface area contributed by atoms with Crippen LogP contribution in [0.1, 0.15) is 50.4 Å². The van der Waals surface area contributed by atoms with Gasteiger partial charge in [0.2, 0.25) is 21.7 Å².